The summed E-state index contributed by atoms with van der Waals surface area (Å²) in [5, 5.41) is 8.09. The summed E-state index contributed by atoms with van der Waals surface area (Å²) in [7, 11) is 0. The molecule has 0 spiro atoms. The number of rotatable bonds is 3. The average molecular weight is 326 g/mol. The predicted molar refractivity (Wildman–Crippen MR) is 76.9 cm³/mol. The third-order valence-electron chi connectivity index (χ3n) is 3.99. The zero-order valence-corrected chi connectivity index (χ0v) is 12.7. The number of aromatic nitrogens is 5. The summed E-state index contributed by atoms with van der Waals surface area (Å²) in [6.45, 7) is 3.94. The fourth-order valence-corrected chi connectivity index (χ4v) is 2.85. The Labute approximate surface area is 131 Å². The van der Waals surface area contributed by atoms with E-state index >= 15 is 0 Å². The van der Waals surface area contributed by atoms with Gasteiger partial charge in [0.25, 0.3) is 0 Å². The molecule has 1 atom stereocenters. The standard InChI is InChI=1S/C14H17F3N6/c1-2-22-9-19-21-12(22)10-4-3-7-23(8-10)13-18-6-5-11(20-13)14(15,16)17/h5-6,9-10H,2-4,7-8H2,1H3. The molecule has 0 bridgehead atoms. The van der Waals surface area contributed by atoms with E-state index in [0.717, 1.165) is 37.5 Å². The maximum atomic E-state index is 12.8. The summed E-state index contributed by atoms with van der Waals surface area (Å²) in [5.41, 5.74) is -0.915. The van der Waals surface area contributed by atoms with Crippen molar-refractivity contribution in [2.75, 3.05) is 18.0 Å². The van der Waals surface area contributed by atoms with Crippen LogP contribution >= 0.6 is 0 Å². The zero-order chi connectivity index (χ0) is 16.4. The van der Waals surface area contributed by atoms with Gasteiger partial charge in [0, 0.05) is 31.7 Å². The second-order valence-electron chi connectivity index (χ2n) is 5.50. The SMILES string of the molecule is CCn1cnnc1C1CCCN(c2nccc(C(F)(F)F)n2)C1. The molecule has 0 amide bonds. The highest BCUT2D eigenvalue weighted by Gasteiger charge is 2.34. The fourth-order valence-electron chi connectivity index (χ4n) is 2.85. The van der Waals surface area contributed by atoms with Crippen LogP contribution in [-0.2, 0) is 12.7 Å². The topological polar surface area (TPSA) is 59.7 Å². The Morgan fingerprint density at radius 3 is 2.91 bits per heavy atom. The summed E-state index contributed by atoms with van der Waals surface area (Å²) >= 11 is 0. The number of hydrogen-bond acceptors (Lipinski definition) is 5. The van der Waals surface area contributed by atoms with Crippen LogP contribution in [0.25, 0.3) is 0 Å². The van der Waals surface area contributed by atoms with E-state index in [2.05, 4.69) is 20.2 Å². The molecule has 0 aromatic carbocycles. The van der Waals surface area contributed by atoms with E-state index in [9.17, 15) is 13.2 Å². The first-order valence-corrected chi connectivity index (χ1v) is 7.52. The quantitative estimate of drug-likeness (QED) is 0.867. The Bertz CT molecular complexity index is 669. The first kappa shape index (κ1) is 15.7. The first-order chi connectivity index (χ1) is 11.0. The lowest BCUT2D eigenvalue weighted by Crippen LogP contribution is -2.36. The number of halogens is 3. The van der Waals surface area contributed by atoms with Gasteiger partial charge >= 0.3 is 6.18 Å². The van der Waals surface area contributed by atoms with Gasteiger partial charge in [-0.25, -0.2) is 9.97 Å². The van der Waals surface area contributed by atoms with E-state index in [1.165, 1.54) is 0 Å². The second-order valence-corrected chi connectivity index (χ2v) is 5.50. The Morgan fingerprint density at radius 1 is 1.35 bits per heavy atom. The molecule has 9 heteroatoms. The number of aryl methyl sites for hydroxylation is 1. The van der Waals surface area contributed by atoms with Crippen LogP contribution in [0.5, 0.6) is 0 Å². The maximum absolute atomic E-state index is 12.8. The van der Waals surface area contributed by atoms with E-state index in [0.29, 0.717) is 13.1 Å². The third kappa shape index (κ3) is 3.27. The van der Waals surface area contributed by atoms with Crippen molar-refractivity contribution < 1.29 is 13.2 Å². The minimum absolute atomic E-state index is 0.115. The summed E-state index contributed by atoms with van der Waals surface area (Å²) in [6, 6.07) is 0.888. The van der Waals surface area contributed by atoms with Crippen LogP contribution in [-0.4, -0.2) is 37.8 Å². The van der Waals surface area contributed by atoms with Crippen molar-refractivity contribution in [3.63, 3.8) is 0 Å². The highest BCUT2D eigenvalue weighted by Crippen LogP contribution is 2.30. The molecule has 2 aromatic heterocycles. The molecule has 1 aliphatic heterocycles. The summed E-state index contributed by atoms with van der Waals surface area (Å²) < 4.78 is 40.4. The summed E-state index contributed by atoms with van der Waals surface area (Å²) in [6.07, 6.45) is 0.142. The molecule has 3 rings (SSSR count). The van der Waals surface area contributed by atoms with E-state index in [1.54, 1.807) is 11.2 Å². The molecule has 124 valence electrons. The molecule has 1 aliphatic rings. The van der Waals surface area contributed by atoms with E-state index in [4.69, 9.17) is 0 Å². The third-order valence-corrected chi connectivity index (χ3v) is 3.99. The molecule has 0 saturated carbocycles. The summed E-state index contributed by atoms with van der Waals surface area (Å²) in [5.74, 6) is 1.10. The molecule has 2 aromatic rings. The van der Waals surface area contributed by atoms with Gasteiger partial charge in [-0.2, -0.15) is 13.2 Å². The molecule has 1 unspecified atom stereocenters. The van der Waals surface area contributed by atoms with E-state index < -0.39 is 11.9 Å². The lowest BCUT2D eigenvalue weighted by atomic mass is 9.97. The van der Waals surface area contributed by atoms with Crippen molar-refractivity contribution >= 4 is 5.95 Å². The smallest absolute Gasteiger partial charge is 0.340 e. The number of piperidine rings is 1. The van der Waals surface area contributed by atoms with Gasteiger partial charge in [0.2, 0.25) is 5.95 Å². The Balaban J connectivity index is 1.81. The van der Waals surface area contributed by atoms with Gasteiger partial charge in [0.05, 0.1) is 0 Å². The Hall–Kier alpha value is -2.19. The number of anilines is 1. The van der Waals surface area contributed by atoms with Crippen molar-refractivity contribution in [1.82, 2.24) is 24.7 Å². The van der Waals surface area contributed by atoms with E-state index in [-0.39, 0.29) is 11.9 Å². The maximum Gasteiger partial charge on any atom is 0.433 e. The zero-order valence-electron chi connectivity index (χ0n) is 12.7. The van der Waals surface area contributed by atoms with Crippen LogP contribution in [0.1, 0.15) is 37.2 Å². The van der Waals surface area contributed by atoms with Gasteiger partial charge in [0.15, 0.2) is 0 Å². The van der Waals surface area contributed by atoms with Crippen molar-refractivity contribution in [3.05, 3.63) is 30.1 Å². The molecule has 0 aliphatic carbocycles. The van der Waals surface area contributed by atoms with Gasteiger partial charge in [-0.15, -0.1) is 10.2 Å². The minimum atomic E-state index is -4.46. The Kier molecular flexibility index (Phi) is 4.18. The highest BCUT2D eigenvalue weighted by atomic mass is 19.4. The molecule has 0 N–H and O–H groups in total. The van der Waals surface area contributed by atoms with Gasteiger partial charge in [0.1, 0.15) is 17.8 Å². The Morgan fingerprint density at radius 2 is 2.17 bits per heavy atom. The molecule has 6 nitrogen and oxygen atoms in total. The van der Waals surface area contributed by atoms with Crippen LogP contribution < -0.4 is 4.90 Å². The van der Waals surface area contributed by atoms with Gasteiger partial charge < -0.3 is 9.47 Å². The molecular formula is C14H17F3N6. The van der Waals surface area contributed by atoms with E-state index in [1.807, 2.05) is 11.5 Å². The van der Waals surface area contributed by atoms with Crippen molar-refractivity contribution in [2.45, 2.75) is 38.4 Å². The monoisotopic (exact) mass is 326 g/mol. The van der Waals surface area contributed by atoms with Crippen LogP contribution in [0.15, 0.2) is 18.6 Å². The van der Waals surface area contributed by atoms with Crippen LogP contribution in [0.3, 0.4) is 0 Å². The normalized spacial score (nSPS) is 19.1. The van der Waals surface area contributed by atoms with Crippen molar-refractivity contribution in [1.29, 1.82) is 0 Å². The van der Waals surface area contributed by atoms with Crippen LogP contribution in [0, 0.1) is 0 Å². The molecule has 1 fully saturated rings. The minimum Gasteiger partial charge on any atom is -0.340 e. The van der Waals surface area contributed by atoms with Crippen LogP contribution in [0.2, 0.25) is 0 Å². The van der Waals surface area contributed by atoms with Gasteiger partial charge in [-0.05, 0) is 25.8 Å². The highest BCUT2D eigenvalue weighted by molar-refractivity contribution is 5.33. The van der Waals surface area contributed by atoms with Crippen molar-refractivity contribution in [3.8, 4) is 0 Å². The van der Waals surface area contributed by atoms with Gasteiger partial charge in [-0.1, -0.05) is 0 Å². The predicted octanol–water partition coefficient (Wildman–Crippen LogP) is 2.49. The average Bonchev–Trinajstić information content (AvgIpc) is 3.03. The lowest BCUT2D eigenvalue weighted by Gasteiger charge is -2.32. The molecule has 1 saturated heterocycles. The van der Waals surface area contributed by atoms with Crippen LogP contribution in [0.4, 0.5) is 19.1 Å². The molecule has 0 radical (unpaired) electrons. The fraction of sp³-hybridized carbons (Fsp3) is 0.571. The first-order valence-electron chi connectivity index (χ1n) is 7.52. The number of hydrogen-bond donors (Lipinski definition) is 0. The largest absolute Gasteiger partial charge is 0.433 e. The number of alkyl halides is 3. The second kappa shape index (κ2) is 6.13. The molecule has 23 heavy (non-hydrogen) atoms. The summed E-state index contributed by atoms with van der Waals surface area (Å²) in [4.78, 5) is 9.47. The van der Waals surface area contributed by atoms with Gasteiger partial charge in [-0.3, -0.25) is 0 Å². The van der Waals surface area contributed by atoms with Crippen molar-refractivity contribution in [2.24, 2.45) is 0 Å². The molecule has 3 heterocycles. The molecular weight excluding hydrogens is 309 g/mol. The number of nitrogens with zero attached hydrogens (tertiary/aromatic N) is 6. The lowest BCUT2D eigenvalue weighted by molar-refractivity contribution is -0.141.